The van der Waals surface area contributed by atoms with Crippen molar-refractivity contribution in [3.05, 3.63) is 20.3 Å². The second-order valence-electron chi connectivity index (χ2n) is 4.97. The molecule has 1 atom stereocenters. The molecule has 1 saturated heterocycles. The van der Waals surface area contributed by atoms with Gasteiger partial charge >= 0.3 is 0 Å². The number of β-amino-alcohol motifs (C(OH)–C–C–N with tert-alkyl or cyclic N) is 1. The van der Waals surface area contributed by atoms with Crippen LogP contribution in [0.3, 0.4) is 0 Å². The highest BCUT2D eigenvalue weighted by molar-refractivity contribution is 7.20. The van der Waals surface area contributed by atoms with Gasteiger partial charge in [-0.25, -0.2) is 0 Å². The van der Waals surface area contributed by atoms with Crippen LogP contribution < -0.4 is 0 Å². The molecule has 2 rings (SSSR count). The summed E-state index contributed by atoms with van der Waals surface area (Å²) in [6.07, 6.45) is 1.68. The number of ketones is 1. The minimum absolute atomic E-state index is 0.0409. The van der Waals surface area contributed by atoms with Crippen LogP contribution in [0.15, 0.2) is 6.07 Å². The quantitative estimate of drug-likeness (QED) is 0.872. The molecule has 0 bridgehead atoms. The molecule has 0 aromatic carbocycles. The van der Waals surface area contributed by atoms with Gasteiger partial charge in [0.25, 0.3) is 0 Å². The van der Waals surface area contributed by atoms with E-state index in [0.29, 0.717) is 20.8 Å². The van der Waals surface area contributed by atoms with E-state index in [1.165, 1.54) is 11.3 Å². The van der Waals surface area contributed by atoms with Gasteiger partial charge in [-0.1, -0.05) is 23.2 Å². The fourth-order valence-corrected chi connectivity index (χ4v) is 3.78. The number of aliphatic hydroxyl groups is 1. The summed E-state index contributed by atoms with van der Waals surface area (Å²) in [5.74, 6) is -0.0409. The van der Waals surface area contributed by atoms with Crippen LogP contribution in [0.2, 0.25) is 8.67 Å². The number of likely N-dealkylation sites (tertiary alicyclic amines) is 1. The molecule has 0 spiro atoms. The number of Topliss-reactive ketones (excluding diaryl/α,β-unsaturated/α-hetero) is 1. The number of piperidine rings is 1. The third kappa shape index (κ3) is 3.45. The normalized spacial score (nSPS) is 25.3. The van der Waals surface area contributed by atoms with Crippen LogP contribution in [0.4, 0.5) is 0 Å². The van der Waals surface area contributed by atoms with E-state index in [4.69, 9.17) is 23.2 Å². The molecule has 3 nitrogen and oxygen atoms in total. The van der Waals surface area contributed by atoms with Crippen molar-refractivity contribution in [3.63, 3.8) is 0 Å². The average Bonchev–Trinajstić information content (AvgIpc) is 2.56. The van der Waals surface area contributed by atoms with Crippen molar-refractivity contribution in [3.8, 4) is 0 Å². The standard InChI is InChI=1S/C12H15Cl2NO2S/c1-12(17)3-2-4-15(7-12)6-9(16)8-5-10(13)18-11(8)14/h5,17H,2-4,6-7H2,1H3. The minimum atomic E-state index is -0.700. The molecule has 0 radical (unpaired) electrons. The van der Waals surface area contributed by atoms with E-state index in [1.807, 2.05) is 4.90 Å². The van der Waals surface area contributed by atoms with Crippen LogP contribution in [0.1, 0.15) is 30.1 Å². The van der Waals surface area contributed by atoms with E-state index in [0.717, 1.165) is 19.4 Å². The highest BCUT2D eigenvalue weighted by atomic mass is 35.5. The first kappa shape index (κ1) is 14.3. The Morgan fingerprint density at radius 2 is 2.33 bits per heavy atom. The van der Waals surface area contributed by atoms with Gasteiger partial charge in [0.1, 0.15) is 4.34 Å². The van der Waals surface area contributed by atoms with Gasteiger partial charge in [-0.3, -0.25) is 9.69 Å². The first-order valence-corrected chi connectivity index (χ1v) is 7.37. The first-order valence-electron chi connectivity index (χ1n) is 5.80. The van der Waals surface area contributed by atoms with Gasteiger partial charge in [0, 0.05) is 6.54 Å². The molecule has 6 heteroatoms. The molecule has 1 aliphatic rings. The third-order valence-electron chi connectivity index (χ3n) is 3.08. The second kappa shape index (κ2) is 5.47. The SMILES string of the molecule is CC1(O)CCCN(CC(=O)c2cc(Cl)sc2Cl)C1. The van der Waals surface area contributed by atoms with Crippen molar-refractivity contribution in [2.45, 2.75) is 25.4 Å². The van der Waals surface area contributed by atoms with Gasteiger partial charge < -0.3 is 5.11 Å². The maximum Gasteiger partial charge on any atom is 0.179 e. The molecule has 1 N–H and O–H groups in total. The monoisotopic (exact) mass is 307 g/mol. The Balaban J connectivity index is 2.01. The summed E-state index contributed by atoms with van der Waals surface area (Å²) in [4.78, 5) is 14.1. The second-order valence-corrected chi connectivity index (χ2v) is 7.26. The minimum Gasteiger partial charge on any atom is -0.389 e. The maximum atomic E-state index is 12.1. The Kier molecular flexibility index (Phi) is 4.34. The predicted octanol–water partition coefficient (Wildman–Crippen LogP) is 3.08. The number of hydrogen-bond donors (Lipinski definition) is 1. The third-order valence-corrected chi connectivity index (χ3v) is 4.57. The zero-order valence-electron chi connectivity index (χ0n) is 10.1. The topological polar surface area (TPSA) is 40.5 Å². The van der Waals surface area contributed by atoms with E-state index >= 15 is 0 Å². The van der Waals surface area contributed by atoms with Gasteiger partial charge in [0.05, 0.1) is 22.0 Å². The molecular weight excluding hydrogens is 293 g/mol. The summed E-state index contributed by atoms with van der Waals surface area (Å²) in [5, 5.41) is 9.99. The summed E-state index contributed by atoms with van der Waals surface area (Å²) in [7, 11) is 0. The Morgan fingerprint density at radius 3 is 2.89 bits per heavy atom. The highest BCUT2D eigenvalue weighted by Crippen LogP contribution is 2.31. The molecule has 100 valence electrons. The molecule has 1 aromatic heterocycles. The van der Waals surface area contributed by atoms with Gasteiger partial charge in [-0.15, -0.1) is 11.3 Å². The maximum absolute atomic E-state index is 12.1. The van der Waals surface area contributed by atoms with E-state index in [1.54, 1.807) is 13.0 Å². The number of hydrogen-bond acceptors (Lipinski definition) is 4. The smallest absolute Gasteiger partial charge is 0.179 e. The van der Waals surface area contributed by atoms with Crippen LogP contribution in [-0.2, 0) is 0 Å². The lowest BCUT2D eigenvalue weighted by molar-refractivity contribution is -0.0132. The lowest BCUT2D eigenvalue weighted by atomic mass is 9.95. The van der Waals surface area contributed by atoms with E-state index in [9.17, 15) is 9.90 Å². The average molecular weight is 308 g/mol. The van der Waals surface area contributed by atoms with Crippen molar-refractivity contribution in [2.75, 3.05) is 19.6 Å². The van der Waals surface area contributed by atoms with Crippen molar-refractivity contribution >= 4 is 40.3 Å². The van der Waals surface area contributed by atoms with Crippen molar-refractivity contribution < 1.29 is 9.90 Å². The lowest BCUT2D eigenvalue weighted by Crippen LogP contribution is -2.47. The van der Waals surface area contributed by atoms with E-state index in [2.05, 4.69) is 0 Å². The number of halogens is 2. The molecule has 1 unspecified atom stereocenters. The largest absolute Gasteiger partial charge is 0.389 e. The summed E-state index contributed by atoms with van der Waals surface area (Å²) in [6.45, 7) is 3.44. The molecule has 1 fully saturated rings. The Labute approximate surface area is 120 Å². The van der Waals surface area contributed by atoms with Gasteiger partial charge in [0.15, 0.2) is 5.78 Å². The molecule has 1 aromatic rings. The van der Waals surface area contributed by atoms with Crippen LogP contribution >= 0.6 is 34.5 Å². The fourth-order valence-electron chi connectivity index (χ4n) is 2.28. The molecule has 18 heavy (non-hydrogen) atoms. The van der Waals surface area contributed by atoms with Crippen LogP contribution in [0, 0.1) is 0 Å². The van der Waals surface area contributed by atoms with E-state index in [-0.39, 0.29) is 12.3 Å². The van der Waals surface area contributed by atoms with Gasteiger partial charge in [-0.05, 0) is 32.4 Å². The predicted molar refractivity (Wildman–Crippen MR) is 75.0 cm³/mol. The summed E-state index contributed by atoms with van der Waals surface area (Å²) >= 11 is 13.0. The van der Waals surface area contributed by atoms with Crippen molar-refractivity contribution in [1.82, 2.24) is 4.90 Å². The summed E-state index contributed by atoms with van der Waals surface area (Å²) in [5.41, 5.74) is -0.217. The molecule has 0 aliphatic carbocycles. The van der Waals surface area contributed by atoms with Crippen LogP contribution in [-0.4, -0.2) is 41.0 Å². The van der Waals surface area contributed by atoms with Crippen molar-refractivity contribution in [1.29, 1.82) is 0 Å². The number of thiophene rings is 1. The molecule has 0 saturated carbocycles. The number of nitrogens with zero attached hydrogens (tertiary/aromatic N) is 1. The van der Waals surface area contributed by atoms with Crippen LogP contribution in [0.25, 0.3) is 0 Å². The Bertz CT molecular complexity index is 459. The Morgan fingerprint density at radius 1 is 1.61 bits per heavy atom. The lowest BCUT2D eigenvalue weighted by Gasteiger charge is -2.36. The first-order chi connectivity index (χ1) is 8.37. The van der Waals surface area contributed by atoms with Gasteiger partial charge in [0.2, 0.25) is 0 Å². The molecule has 2 heterocycles. The Hall–Kier alpha value is -0.130. The highest BCUT2D eigenvalue weighted by Gasteiger charge is 2.29. The fraction of sp³-hybridized carbons (Fsp3) is 0.583. The van der Waals surface area contributed by atoms with Crippen LogP contribution in [0.5, 0.6) is 0 Å². The molecule has 1 aliphatic heterocycles. The molecule has 0 amide bonds. The number of carbonyl (C=O) groups is 1. The van der Waals surface area contributed by atoms with Crippen molar-refractivity contribution in [2.24, 2.45) is 0 Å². The van der Waals surface area contributed by atoms with E-state index < -0.39 is 5.60 Å². The summed E-state index contributed by atoms with van der Waals surface area (Å²) < 4.78 is 0.961. The zero-order chi connectivity index (χ0) is 13.3. The number of rotatable bonds is 3. The zero-order valence-corrected chi connectivity index (χ0v) is 12.4. The molecular formula is C12H15Cl2NO2S. The number of carbonyl (C=O) groups excluding carboxylic acids is 1. The summed E-state index contributed by atoms with van der Waals surface area (Å²) in [6, 6.07) is 1.61. The van der Waals surface area contributed by atoms with Gasteiger partial charge in [-0.2, -0.15) is 0 Å².